The van der Waals surface area contributed by atoms with Crippen LogP contribution in [0.1, 0.15) is 83.1 Å². The molecule has 1 N–H and O–H groups in total. The molecule has 0 aromatic carbocycles. The number of nitrogens with zero attached hydrogens (tertiary/aromatic N) is 4. The molecule has 0 atom stereocenters. The van der Waals surface area contributed by atoms with Gasteiger partial charge in [0.1, 0.15) is 16.8 Å². The van der Waals surface area contributed by atoms with E-state index in [9.17, 15) is 14.4 Å². The van der Waals surface area contributed by atoms with Crippen molar-refractivity contribution < 1.29 is 38.2 Å². The van der Waals surface area contributed by atoms with E-state index < -0.39 is 16.8 Å². The third kappa shape index (κ3) is 27.3. The van der Waals surface area contributed by atoms with Crippen molar-refractivity contribution in [3.8, 4) is 0 Å². The molecule has 1 rings (SSSR count). The molecule has 13 nitrogen and oxygen atoms in total. The van der Waals surface area contributed by atoms with Gasteiger partial charge in [-0.25, -0.2) is 0 Å². The van der Waals surface area contributed by atoms with Gasteiger partial charge in [-0.1, -0.05) is 20.8 Å². The van der Waals surface area contributed by atoms with Crippen molar-refractivity contribution in [3.63, 3.8) is 0 Å². The molecule has 0 radical (unpaired) electrons. The van der Waals surface area contributed by atoms with E-state index >= 15 is 0 Å². The summed E-state index contributed by atoms with van der Waals surface area (Å²) in [5.74, 6) is -0.974. The quantitative estimate of drug-likeness (QED) is 0.269. The Kier molecular flexibility index (Phi) is 19.8. The first-order valence-corrected chi connectivity index (χ1v) is 16.7. The molecule has 0 aromatic rings. The van der Waals surface area contributed by atoms with Gasteiger partial charge in [0.25, 0.3) is 0 Å². The zero-order chi connectivity index (χ0) is 36.5. The summed E-state index contributed by atoms with van der Waals surface area (Å²) in [5.41, 5.74) is -1.59. The molecule has 1 aliphatic heterocycles. The minimum Gasteiger partial charge on any atom is -0.459 e. The van der Waals surface area contributed by atoms with Gasteiger partial charge in [0.15, 0.2) is 0 Å². The molecule has 0 aromatic heterocycles. The molecule has 1 heterocycles. The highest BCUT2D eigenvalue weighted by Gasteiger charge is 2.25. The van der Waals surface area contributed by atoms with E-state index in [1.165, 1.54) is 0 Å². The van der Waals surface area contributed by atoms with E-state index in [1.807, 2.05) is 67.2 Å². The molecule has 0 saturated carbocycles. The fraction of sp³-hybridized carbons (Fsp3) is 0.882. The van der Waals surface area contributed by atoms with E-state index in [4.69, 9.17) is 23.8 Å². The maximum absolute atomic E-state index is 12.8. The number of nitrogens with one attached hydrogen (secondary N) is 1. The summed E-state index contributed by atoms with van der Waals surface area (Å²) in [4.78, 5) is 63.3. The molecule has 47 heavy (non-hydrogen) atoms. The van der Waals surface area contributed by atoms with Crippen molar-refractivity contribution >= 4 is 24.1 Å². The SMILES string of the molecule is CC(C)(C)CN1CCNCCN(CC(=O)OC(C)(C)C)CCN(CCN(CC(=O)OC(C)(C)C)CC(=O)OC(C)(C)C)CC1.O=C=O. The number of hydrogen-bond donors (Lipinski definition) is 1. The molecule has 0 bridgehead atoms. The maximum Gasteiger partial charge on any atom is 0.373 e. The predicted molar refractivity (Wildman–Crippen MR) is 181 cm³/mol. The summed E-state index contributed by atoms with van der Waals surface area (Å²) in [6.07, 6.45) is 0.250. The van der Waals surface area contributed by atoms with Gasteiger partial charge in [-0.05, 0) is 67.7 Å². The van der Waals surface area contributed by atoms with Crippen LogP contribution in [-0.2, 0) is 38.2 Å². The van der Waals surface area contributed by atoms with Crippen molar-refractivity contribution in [1.29, 1.82) is 0 Å². The van der Waals surface area contributed by atoms with Crippen LogP contribution < -0.4 is 5.32 Å². The van der Waals surface area contributed by atoms with Gasteiger partial charge < -0.3 is 24.4 Å². The Morgan fingerprint density at radius 1 is 0.617 bits per heavy atom. The molecule has 1 aliphatic rings. The molecule has 274 valence electrons. The molecule has 0 spiro atoms. The van der Waals surface area contributed by atoms with Crippen LogP contribution in [0.25, 0.3) is 0 Å². The molecule has 0 aliphatic carbocycles. The lowest BCUT2D eigenvalue weighted by Gasteiger charge is -2.35. The van der Waals surface area contributed by atoms with Gasteiger partial charge in [-0.15, -0.1) is 0 Å². The topological polar surface area (TPSA) is 138 Å². The third-order valence-electron chi connectivity index (χ3n) is 6.42. The zero-order valence-electron chi connectivity index (χ0n) is 31.5. The number of esters is 3. The lowest BCUT2D eigenvalue weighted by atomic mass is 9.96. The molecule has 1 saturated heterocycles. The van der Waals surface area contributed by atoms with Crippen LogP contribution in [0.15, 0.2) is 0 Å². The van der Waals surface area contributed by atoms with Crippen molar-refractivity contribution in [2.45, 2.75) is 99.9 Å². The molecule has 1 fully saturated rings. The smallest absolute Gasteiger partial charge is 0.373 e. The first-order valence-electron chi connectivity index (χ1n) is 16.7. The van der Waals surface area contributed by atoms with Gasteiger partial charge in [0.05, 0.1) is 19.6 Å². The molecule has 13 heteroatoms. The maximum atomic E-state index is 12.8. The summed E-state index contributed by atoms with van der Waals surface area (Å²) in [7, 11) is 0. The summed E-state index contributed by atoms with van der Waals surface area (Å²) < 4.78 is 16.8. The highest BCUT2D eigenvalue weighted by Crippen LogP contribution is 2.15. The number of carbonyl (C=O) groups is 3. The van der Waals surface area contributed by atoms with Crippen LogP contribution in [0.4, 0.5) is 0 Å². The van der Waals surface area contributed by atoms with Gasteiger partial charge in [0, 0.05) is 72.0 Å². The second-order valence-corrected chi connectivity index (χ2v) is 16.3. The zero-order valence-corrected chi connectivity index (χ0v) is 31.5. The van der Waals surface area contributed by atoms with Gasteiger partial charge in [-0.2, -0.15) is 9.59 Å². The summed E-state index contributed by atoms with van der Waals surface area (Å²) >= 11 is 0. The Bertz CT molecular complexity index is 943. The number of hydrogen-bond acceptors (Lipinski definition) is 13. The van der Waals surface area contributed by atoms with E-state index in [0.717, 1.165) is 52.4 Å². The summed E-state index contributed by atoms with van der Waals surface area (Å²) in [6, 6.07) is 0. The molecule has 0 amide bonds. The Labute approximate surface area is 284 Å². The first kappa shape index (κ1) is 44.6. The van der Waals surface area contributed by atoms with Crippen LogP contribution in [0.3, 0.4) is 0 Å². The first-order chi connectivity index (χ1) is 21.4. The lowest BCUT2D eigenvalue weighted by molar-refractivity contribution is -0.192. The van der Waals surface area contributed by atoms with Crippen LogP contribution in [0.2, 0.25) is 0 Å². The Balaban J connectivity index is 0.00000677. The average Bonchev–Trinajstić information content (AvgIpc) is 2.82. The monoisotopic (exact) mass is 671 g/mol. The van der Waals surface area contributed by atoms with Gasteiger partial charge >= 0.3 is 24.1 Å². The number of ether oxygens (including phenoxy) is 3. The lowest BCUT2D eigenvalue weighted by Crippen LogP contribution is -2.49. The molecule has 0 unspecified atom stereocenters. The summed E-state index contributed by atoms with van der Waals surface area (Å²) in [6.45, 7) is 32.2. The van der Waals surface area contributed by atoms with Crippen molar-refractivity contribution in [2.75, 3.05) is 91.6 Å². The van der Waals surface area contributed by atoms with Gasteiger partial charge in [0.2, 0.25) is 0 Å². The second-order valence-electron chi connectivity index (χ2n) is 16.3. The predicted octanol–water partition coefficient (Wildman–Crippen LogP) is 2.29. The Morgan fingerprint density at radius 2 is 1.00 bits per heavy atom. The Morgan fingerprint density at radius 3 is 1.43 bits per heavy atom. The van der Waals surface area contributed by atoms with Gasteiger partial charge in [-0.3, -0.25) is 29.1 Å². The van der Waals surface area contributed by atoms with E-state index in [1.54, 1.807) is 0 Å². The van der Waals surface area contributed by atoms with E-state index in [0.29, 0.717) is 19.6 Å². The summed E-state index contributed by atoms with van der Waals surface area (Å²) in [5, 5.41) is 3.55. The van der Waals surface area contributed by atoms with Crippen molar-refractivity contribution in [3.05, 3.63) is 0 Å². The van der Waals surface area contributed by atoms with Crippen LogP contribution >= 0.6 is 0 Å². The van der Waals surface area contributed by atoms with Crippen molar-refractivity contribution in [2.24, 2.45) is 5.41 Å². The fourth-order valence-corrected chi connectivity index (χ4v) is 4.88. The standard InChI is InChI=1S/C33H65N5O6.CO2/c1-30(2,3)26-37-16-14-34-13-15-36(23-27(39)42-31(4,5)6)20-17-35(18-21-37)19-22-38(24-28(40)43-32(7,8)9)25-29(41)44-33(10,11)12;2-1-3/h34H,13-26H2,1-12H3;. The molecular formula is C34H65N5O8. The number of rotatable bonds is 10. The average molecular weight is 672 g/mol. The second kappa shape index (κ2) is 20.8. The number of carbonyl (C=O) groups excluding carboxylic acids is 5. The minimum atomic E-state index is -0.616. The van der Waals surface area contributed by atoms with Crippen LogP contribution in [0, 0.1) is 5.41 Å². The van der Waals surface area contributed by atoms with Crippen LogP contribution in [0.5, 0.6) is 0 Å². The Hall–Kier alpha value is -2.41. The highest BCUT2D eigenvalue weighted by atomic mass is 16.6. The minimum absolute atomic E-state index is 0.00304. The third-order valence-corrected chi connectivity index (χ3v) is 6.42. The van der Waals surface area contributed by atoms with E-state index in [2.05, 4.69) is 40.8 Å². The fourth-order valence-electron chi connectivity index (χ4n) is 4.88. The normalized spacial score (nSPS) is 17.0. The largest absolute Gasteiger partial charge is 0.459 e. The van der Waals surface area contributed by atoms with E-state index in [-0.39, 0.29) is 49.1 Å². The van der Waals surface area contributed by atoms with Crippen molar-refractivity contribution in [1.82, 2.24) is 24.9 Å². The highest BCUT2D eigenvalue weighted by molar-refractivity contribution is 5.75. The van der Waals surface area contributed by atoms with Crippen LogP contribution in [-0.4, -0.2) is 152 Å². The molecular weight excluding hydrogens is 606 g/mol.